The normalized spacial score (nSPS) is 13.8. The van der Waals surface area contributed by atoms with Crippen molar-refractivity contribution in [2.45, 2.75) is 31.5 Å². The van der Waals surface area contributed by atoms with Gasteiger partial charge in [-0.3, -0.25) is 0 Å². The number of benzene rings is 1. The molecule has 0 spiro atoms. The summed E-state index contributed by atoms with van der Waals surface area (Å²) in [4.78, 5) is 0. The predicted molar refractivity (Wildman–Crippen MR) is 58.4 cm³/mol. The van der Waals surface area contributed by atoms with Gasteiger partial charge in [0.05, 0.1) is 0 Å². The summed E-state index contributed by atoms with van der Waals surface area (Å²) in [7, 11) is 0. The molecule has 0 fully saturated rings. The standard InChI is InChI=1S/C11H12ClF4N/c12-10-2-1-8(13)5-7(10)6-9(17)3-4-11(14,15)16/h1-2,5,9H,3-4,6,17H2. The lowest BCUT2D eigenvalue weighted by atomic mass is 10.0. The van der Waals surface area contributed by atoms with Gasteiger partial charge in [0.25, 0.3) is 0 Å². The van der Waals surface area contributed by atoms with Gasteiger partial charge in [-0.05, 0) is 36.6 Å². The molecule has 1 nitrogen and oxygen atoms in total. The lowest BCUT2D eigenvalue weighted by molar-refractivity contribution is -0.136. The van der Waals surface area contributed by atoms with Crippen molar-refractivity contribution in [2.24, 2.45) is 5.73 Å². The third-order valence-electron chi connectivity index (χ3n) is 2.29. The molecule has 0 aromatic heterocycles. The number of rotatable bonds is 4. The Morgan fingerprint density at radius 2 is 1.94 bits per heavy atom. The van der Waals surface area contributed by atoms with Crippen LogP contribution in [0.15, 0.2) is 18.2 Å². The number of hydrogen-bond donors (Lipinski definition) is 1. The van der Waals surface area contributed by atoms with E-state index in [0.29, 0.717) is 10.6 Å². The number of alkyl halides is 3. The molecule has 0 heterocycles. The quantitative estimate of drug-likeness (QED) is 0.829. The average Bonchev–Trinajstić information content (AvgIpc) is 2.20. The Hall–Kier alpha value is -0.810. The zero-order chi connectivity index (χ0) is 13.1. The van der Waals surface area contributed by atoms with Crippen molar-refractivity contribution in [2.75, 3.05) is 0 Å². The van der Waals surface area contributed by atoms with E-state index in [1.807, 2.05) is 0 Å². The van der Waals surface area contributed by atoms with E-state index < -0.39 is 24.5 Å². The molecule has 1 atom stereocenters. The Balaban J connectivity index is 2.56. The minimum absolute atomic E-state index is 0.132. The highest BCUT2D eigenvalue weighted by atomic mass is 35.5. The Kier molecular flexibility index (Phi) is 4.77. The molecule has 2 N–H and O–H groups in total. The number of nitrogens with two attached hydrogens (primary N) is 1. The molecule has 1 rings (SSSR count). The Morgan fingerprint density at radius 3 is 2.53 bits per heavy atom. The smallest absolute Gasteiger partial charge is 0.327 e. The maximum Gasteiger partial charge on any atom is 0.389 e. The van der Waals surface area contributed by atoms with Gasteiger partial charge < -0.3 is 5.73 Å². The molecular formula is C11H12ClF4N. The van der Waals surface area contributed by atoms with Gasteiger partial charge in [-0.25, -0.2) is 4.39 Å². The molecule has 0 aliphatic heterocycles. The highest BCUT2D eigenvalue weighted by Gasteiger charge is 2.27. The molecule has 1 aromatic carbocycles. The topological polar surface area (TPSA) is 26.0 Å². The molecule has 0 saturated heterocycles. The van der Waals surface area contributed by atoms with Crippen molar-refractivity contribution < 1.29 is 17.6 Å². The van der Waals surface area contributed by atoms with Crippen molar-refractivity contribution in [3.8, 4) is 0 Å². The molecule has 96 valence electrons. The molecule has 17 heavy (non-hydrogen) atoms. The second kappa shape index (κ2) is 5.69. The van der Waals surface area contributed by atoms with Crippen LogP contribution in [0.2, 0.25) is 5.02 Å². The minimum atomic E-state index is -4.22. The molecule has 0 saturated carbocycles. The molecule has 6 heteroatoms. The average molecular weight is 270 g/mol. The summed E-state index contributed by atoms with van der Waals surface area (Å²) >= 11 is 5.79. The van der Waals surface area contributed by atoms with Crippen LogP contribution in [0.1, 0.15) is 18.4 Å². The molecule has 0 amide bonds. The summed E-state index contributed by atoms with van der Waals surface area (Å²) in [5.41, 5.74) is 5.98. The van der Waals surface area contributed by atoms with E-state index in [1.165, 1.54) is 18.2 Å². The van der Waals surface area contributed by atoms with Gasteiger partial charge >= 0.3 is 6.18 Å². The maximum absolute atomic E-state index is 12.9. The summed E-state index contributed by atoms with van der Waals surface area (Å²) in [6.45, 7) is 0. The largest absolute Gasteiger partial charge is 0.389 e. The molecule has 0 bridgehead atoms. The second-order valence-electron chi connectivity index (χ2n) is 3.85. The predicted octanol–water partition coefficient (Wildman–Crippen LogP) is 3.69. The molecule has 1 unspecified atom stereocenters. The van der Waals surface area contributed by atoms with Crippen LogP contribution in [0.5, 0.6) is 0 Å². The lowest BCUT2D eigenvalue weighted by Gasteiger charge is -2.14. The fourth-order valence-electron chi connectivity index (χ4n) is 1.43. The van der Waals surface area contributed by atoms with Gasteiger partial charge in [0, 0.05) is 17.5 Å². The molecule has 1 aromatic rings. The zero-order valence-corrected chi connectivity index (χ0v) is 9.65. The van der Waals surface area contributed by atoms with Crippen molar-refractivity contribution in [1.29, 1.82) is 0 Å². The second-order valence-corrected chi connectivity index (χ2v) is 4.26. The molecule has 0 aliphatic rings. The molecule has 0 aliphatic carbocycles. The first-order valence-electron chi connectivity index (χ1n) is 5.04. The van der Waals surface area contributed by atoms with Crippen molar-refractivity contribution >= 4 is 11.6 Å². The summed E-state index contributed by atoms with van der Waals surface area (Å²) < 4.78 is 48.8. The Labute approximate surface area is 102 Å². The van der Waals surface area contributed by atoms with Crippen molar-refractivity contribution in [3.63, 3.8) is 0 Å². The van der Waals surface area contributed by atoms with E-state index in [4.69, 9.17) is 17.3 Å². The van der Waals surface area contributed by atoms with Gasteiger partial charge in [0.2, 0.25) is 0 Å². The first kappa shape index (κ1) is 14.3. The first-order chi connectivity index (χ1) is 7.78. The van der Waals surface area contributed by atoms with Crippen LogP contribution in [-0.4, -0.2) is 12.2 Å². The van der Waals surface area contributed by atoms with Crippen LogP contribution in [0.25, 0.3) is 0 Å². The number of hydrogen-bond acceptors (Lipinski definition) is 1. The molecular weight excluding hydrogens is 258 g/mol. The SMILES string of the molecule is NC(CCC(F)(F)F)Cc1cc(F)ccc1Cl. The van der Waals surface area contributed by atoms with E-state index in [-0.39, 0.29) is 12.8 Å². The summed E-state index contributed by atoms with van der Waals surface area (Å²) in [6, 6.07) is 3.06. The maximum atomic E-state index is 12.9. The fraction of sp³-hybridized carbons (Fsp3) is 0.455. The van der Waals surface area contributed by atoms with Crippen molar-refractivity contribution in [3.05, 3.63) is 34.6 Å². The van der Waals surface area contributed by atoms with Gasteiger partial charge in [0.15, 0.2) is 0 Å². The van der Waals surface area contributed by atoms with Crippen LogP contribution < -0.4 is 5.73 Å². The highest BCUT2D eigenvalue weighted by molar-refractivity contribution is 6.31. The van der Waals surface area contributed by atoms with E-state index >= 15 is 0 Å². The van der Waals surface area contributed by atoms with Gasteiger partial charge in [-0.15, -0.1) is 0 Å². The van der Waals surface area contributed by atoms with Crippen LogP contribution >= 0.6 is 11.6 Å². The van der Waals surface area contributed by atoms with E-state index in [2.05, 4.69) is 0 Å². The number of halogens is 5. The summed E-state index contributed by atoms with van der Waals surface area (Å²) in [5.74, 6) is -0.479. The highest BCUT2D eigenvalue weighted by Crippen LogP contribution is 2.24. The lowest BCUT2D eigenvalue weighted by Crippen LogP contribution is -2.25. The van der Waals surface area contributed by atoms with E-state index in [9.17, 15) is 17.6 Å². The summed E-state index contributed by atoms with van der Waals surface area (Å²) in [5, 5.41) is 0.314. The van der Waals surface area contributed by atoms with Gasteiger partial charge in [0.1, 0.15) is 5.82 Å². The first-order valence-corrected chi connectivity index (χ1v) is 5.42. The third kappa shape index (κ3) is 5.37. The van der Waals surface area contributed by atoms with Crippen LogP contribution in [0.4, 0.5) is 17.6 Å². The van der Waals surface area contributed by atoms with E-state index in [0.717, 1.165) is 0 Å². The van der Waals surface area contributed by atoms with Crippen LogP contribution in [-0.2, 0) is 6.42 Å². The molecule has 0 radical (unpaired) electrons. The minimum Gasteiger partial charge on any atom is -0.327 e. The van der Waals surface area contributed by atoms with Crippen LogP contribution in [0, 0.1) is 5.82 Å². The zero-order valence-electron chi connectivity index (χ0n) is 8.90. The summed E-state index contributed by atoms with van der Waals surface area (Å²) in [6.07, 6.45) is -5.23. The van der Waals surface area contributed by atoms with Crippen LogP contribution in [0.3, 0.4) is 0 Å². The van der Waals surface area contributed by atoms with E-state index in [1.54, 1.807) is 0 Å². The monoisotopic (exact) mass is 269 g/mol. The third-order valence-corrected chi connectivity index (χ3v) is 2.66. The van der Waals surface area contributed by atoms with Crippen molar-refractivity contribution in [1.82, 2.24) is 0 Å². The Bertz CT molecular complexity index is 378. The Morgan fingerprint density at radius 1 is 1.29 bits per heavy atom. The van der Waals surface area contributed by atoms with Gasteiger partial charge in [-0.1, -0.05) is 11.6 Å². The van der Waals surface area contributed by atoms with Gasteiger partial charge in [-0.2, -0.15) is 13.2 Å². The fourth-order valence-corrected chi connectivity index (χ4v) is 1.63.